The number of aryl methyl sites for hydroxylation is 1. The first-order chi connectivity index (χ1) is 8.74. The molecule has 1 aromatic carbocycles. The molecule has 0 radical (unpaired) electrons. The van der Waals surface area contributed by atoms with Gasteiger partial charge >= 0.3 is 0 Å². The first kappa shape index (κ1) is 11.4. The molecule has 2 heterocycles. The van der Waals surface area contributed by atoms with Crippen molar-refractivity contribution in [3.05, 3.63) is 46.3 Å². The van der Waals surface area contributed by atoms with Crippen LogP contribution in [0.15, 0.2) is 40.2 Å². The van der Waals surface area contributed by atoms with Crippen molar-refractivity contribution in [3.8, 4) is 22.2 Å². The molecule has 0 aliphatic heterocycles. The molecule has 3 rings (SSSR count). The predicted molar refractivity (Wildman–Crippen MR) is 72.8 cm³/mol. The second-order valence-electron chi connectivity index (χ2n) is 3.86. The normalized spacial score (nSPS) is 10.8. The Balaban J connectivity index is 1.99. The lowest BCUT2D eigenvalue weighted by atomic mass is 10.2. The van der Waals surface area contributed by atoms with E-state index in [0.29, 0.717) is 16.7 Å². The van der Waals surface area contributed by atoms with E-state index < -0.39 is 0 Å². The molecule has 3 nitrogen and oxygen atoms in total. The van der Waals surface area contributed by atoms with Crippen LogP contribution in [-0.4, -0.2) is 10.1 Å². The van der Waals surface area contributed by atoms with Gasteiger partial charge in [0.15, 0.2) is 0 Å². The molecule has 0 fully saturated rings. The minimum atomic E-state index is 0.562. The van der Waals surface area contributed by atoms with Crippen molar-refractivity contribution in [3.63, 3.8) is 0 Å². The van der Waals surface area contributed by atoms with Crippen LogP contribution in [0.3, 0.4) is 0 Å². The Kier molecular flexibility index (Phi) is 2.89. The minimum absolute atomic E-state index is 0.562. The van der Waals surface area contributed by atoms with Gasteiger partial charge in [0.05, 0.1) is 4.88 Å². The van der Waals surface area contributed by atoms with Gasteiger partial charge in [-0.05, 0) is 48.2 Å². The molecular formula is C13H9ClN2OS. The maximum Gasteiger partial charge on any atom is 0.268 e. The highest BCUT2D eigenvalue weighted by Crippen LogP contribution is 2.29. The van der Waals surface area contributed by atoms with Crippen molar-refractivity contribution in [1.29, 1.82) is 0 Å². The third-order valence-corrected chi connectivity index (χ3v) is 3.84. The summed E-state index contributed by atoms with van der Waals surface area (Å²) in [6.07, 6.45) is 0. The van der Waals surface area contributed by atoms with E-state index in [4.69, 9.17) is 16.1 Å². The summed E-state index contributed by atoms with van der Waals surface area (Å²) in [6.45, 7) is 2.03. The molecule has 0 aliphatic rings. The van der Waals surface area contributed by atoms with Crippen LogP contribution >= 0.6 is 22.9 Å². The van der Waals surface area contributed by atoms with Crippen LogP contribution in [0, 0.1) is 6.92 Å². The monoisotopic (exact) mass is 276 g/mol. The molecule has 18 heavy (non-hydrogen) atoms. The molecule has 0 unspecified atom stereocenters. The van der Waals surface area contributed by atoms with Crippen molar-refractivity contribution >= 4 is 22.9 Å². The zero-order chi connectivity index (χ0) is 12.5. The van der Waals surface area contributed by atoms with Crippen LogP contribution in [0.2, 0.25) is 5.02 Å². The summed E-state index contributed by atoms with van der Waals surface area (Å²) in [4.78, 5) is 5.42. The zero-order valence-electron chi connectivity index (χ0n) is 9.55. The van der Waals surface area contributed by atoms with E-state index in [2.05, 4.69) is 10.1 Å². The maximum atomic E-state index is 5.84. The van der Waals surface area contributed by atoms with E-state index in [-0.39, 0.29) is 0 Å². The lowest BCUT2D eigenvalue weighted by Gasteiger charge is -1.93. The van der Waals surface area contributed by atoms with Gasteiger partial charge in [0.2, 0.25) is 5.82 Å². The van der Waals surface area contributed by atoms with Crippen molar-refractivity contribution in [2.45, 2.75) is 6.92 Å². The van der Waals surface area contributed by atoms with Crippen LogP contribution in [0.5, 0.6) is 0 Å². The molecule has 5 heteroatoms. The SMILES string of the molecule is Cc1ccsc1-c1nc(-c2ccc(Cl)cc2)no1. The highest BCUT2D eigenvalue weighted by Gasteiger charge is 2.13. The molecule has 0 bridgehead atoms. The Morgan fingerprint density at radius 3 is 2.61 bits per heavy atom. The van der Waals surface area contributed by atoms with Crippen molar-refractivity contribution < 1.29 is 4.52 Å². The van der Waals surface area contributed by atoms with E-state index in [1.54, 1.807) is 11.3 Å². The molecule has 90 valence electrons. The van der Waals surface area contributed by atoms with E-state index in [0.717, 1.165) is 16.0 Å². The van der Waals surface area contributed by atoms with Crippen molar-refractivity contribution in [1.82, 2.24) is 10.1 Å². The Morgan fingerprint density at radius 1 is 1.17 bits per heavy atom. The molecule has 0 saturated heterocycles. The van der Waals surface area contributed by atoms with Crippen molar-refractivity contribution in [2.75, 3.05) is 0 Å². The molecule has 0 atom stereocenters. The van der Waals surface area contributed by atoms with Crippen LogP contribution in [-0.2, 0) is 0 Å². The second-order valence-corrected chi connectivity index (χ2v) is 5.22. The molecule has 0 spiro atoms. The molecular weight excluding hydrogens is 268 g/mol. The lowest BCUT2D eigenvalue weighted by Crippen LogP contribution is -1.80. The van der Waals surface area contributed by atoms with Gasteiger partial charge < -0.3 is 4.52 Å². The number of hydrogen-bond donors (Lipinski definition) is 0. The fourth-order valence-corrected chi connectivity index (χ4v) is 2.60. The van der Waals surface area contributed by atoms with Gasteiger partial charge in [-0.3, -0.25) is 0 Å². The van der Waals surface area contributed by atoms with Gasteiger partial charge in [-0.15, -0.1) is 11.3 Å². The van der Waals surface area contributed by atoms with Crippen LogP contribution in [0.25, 0.3) is 22.2 Å². The summed E-state index contributed by atoms with van der Waals surface area (Å²) >= 11 is 7.44. The number of thiophene rings is 1. The predicted octanol–water partition coefficient (Wildman–Crippen LogP) is 4.43. The van der Waals surface area contributed by atoms with E-state index in [1.807, 2.05) is 42.6 Å². The van der Waals surface area contributed by atoms with E-state index in [9.17, 15) is 0 Å². The third kappa shape index (κ3) is 2.05. The molecule has 2 aromatic heterocycles. The fraction of sp³-hybridized carbons (Fsp3) is 0.0769. The second kappa shape index (κ2) is 4.55. The van der Waals surface area contributed by atoms with Gasteiger partial charge in [-0.25, -0.2) is 0 Å². The largest absolute Gasteiger partial charge is 0.333 e. The number of nitrogens with zero attached hydrogens (tertiary/aromatic N) is 2. The average Bonchev–Trinajstić information content (AvgIpc) is 2.98. The number of halogens is 1. The highest BCUT2D eigenvalue weighted by molar-refractivity contribution is 7.13. The Bertz CT molecular complexity index is 672. The Labute approximate surface area is 113 Å². The Morgan fingerprint density at radius 2 is 1.94 bits per heavy atom. The zero-order valence-corrected chi connectivity index (χ0v) is 11.1. The Hall–Kier alpha value is -1.65. The van der Waals surface area contributed by atoms with Gasteiger partial charge in [-0.2, -0.15) is 4.98 Å². The van der Waals surface area contributed by atoms with Gasteiger partial charge in [0.1, 0.15) is 0 Å². The highest BCUT2D eigenvalue weighted by atomic mass is 35.5. The summed E-state index contributed by atoms with van der Waals surface area (Å²) in [7, 11) is 0. The average molecular weight is 277 g/mol. The standard InChI is InChI=1S/C13H9ClN2OS/c1-8-6-7-18-11(8)13-15-12(16-17-13)9-2-4-10(14)5-3-9/h2-7H,1H3. The quantitative estimate of drug-likeness (QED) is 0.695. The number of rotatable bonds is 2. The van der Waals surface area contributed by atoms with E-state index in [1.165, 1.54) is 0 Å². The fourth-order valence-electron chi connectivity index (χ4n) is 1.62. The van der Waals surface area contributed by atoms with Crippen LogP contribution < -0.4 is 0 Å². The molecule has 0 saturated carbocycles. The molecule has 0 N–H and O–H groups in total. The summed E-state index contributed by atoms with van der Waals surface area (Å²) in [5.74, 6) is 1.14. The first-order valence-electron chi connectivity index (χ1n) is 5.38. The minimum Gasteiger partial charge on any atom is -0.333 e. The molecule has 0 amide bonds. The summed E-state index contributed by atoms with van der Waals surface area (Å²) in [5.41, 5.74) is 2.04. The van der Waals surface area contributed by atoms with Crippen molar-refractivity contribution in [2.24, 2.45) is 0 Å². The topological polar surface area (TPSA) is 38.9 Å². The van der Waals surface area contributed by atoms with Gasteiger partial charge in [0.25, 0.3) is 5.89 Å². The maximum absolute atomic E-state index is 5.84. The third-order valence-electron chi connectivity index (χ3n) is 2.58. The number of benzene rings is 1. The number of hydrogen-bond acceptors (Lipinski definition) is 4. The molecule has 3 aromatic rings. The summed E-state index contributed by atoms with van der Waals surface area (Å²) < 4.78 is 5.29. The number of aromatic nitrogens is 2. The summed E-state index contributed by atoms with van der Waals surface area (Å²) in [5, 5.41) is 6.69. The smallest absolute Gasteiger partial charge is 0.268 e. The van der Waals surface area contributed by atoms with E-state index >= 15 is 0 Å². The van der Waals surface area contributed by atoms with Gasteiger partial charge in [-0.1, -0.05) is 16.8 Å². The van der Waals surface area contributed by atoms with Gasteiger partial charge in [0, 0.05) is 10.6 Å². The molecule has 0 aliphatic carbocycles. The summed E-state index contributed by atoms with van der Waals surface area (Å²) in [6, 6.07) is 9.40. The van der Waals surface area contributed by atoms with Crippen LogP contribution in [0.1, 0.15) is 5.56 Å². The van der Waals surface area contributed by atoms with Crippen LogP contribution in [0.4, 0.5) is 0 Å². The first-order valence-corrected chi connectivity index (χ1v) is 6.64. The lowest BCUT2D eigenvalue weighted by molar-refractivity contribution is 0.433.